The number of aliphatic carboxylic acids is 1. The topological polar surface area (TPSA) is 119 Å². The molecule has 2 N–H and O–H groups in total. The molecule has 1 aromatic rings. The molecule has 1 aromatic carbocycles. The van der Waals surface area contributed by atoms with E-state index in [0.29, 0.717) is 5.56 Å². The number of carboxylic acids is 1. The number of alkyl carbamates (subject to hydrolysis) is 1. The van der Waals surface area contributed by atoms with E-state index in [0.717, 1.165) is 0 Å². The lowest BCUT2D eigenvalue weighted by molar-refractivity contribution is -0.140. The zero-order chi connectivity index (χ0) is 22.3. The highest BCUT2D eigenvalue weighted by Gasteiger charge is 2.49. The number of benzene rings is 1. The Morgan fingerprint density at radius 2 is 1.69 bits per heavy atom. The summed E-state index contributed by atoms with van der Waals surface area (Å²) in [6.07, 6.45) is -3.53. The van der Waals surface area contributed by atoms with E-state index >= 15 is 0 Å². The van der Waals surface area contributed by atoms with Gasteiger partial charge in [-0.25, -0.2) is 18.4 Å². The highest BCUT2D eigenvalue weighted by atomic mass is 32.2. The number of hydrogen-bond donors (Lipinski definition) is 2. The van der Waals surface area contributed by atoms with E-state index in [-0.39, 0.29) is 6.61 Å². The van der Waals surface area contributed by atoms with Gasteiger partial charge in [0.25, 0.3) is 5.92 Å². The smallest absolute Gasteiger partial charge is 0.480 e. The maximum Gasteiger partial charge on any atom is 0.523 e. The Balaban J connectivity index is 2.56. The highest BCUT2D eigenvalue weighted by Crippen LogP contribution is 2.28. The quantitative estimate of drug-likeness (QED) is 0.320. The van der Waals surface area contributed by atoms with Gasteiger partial charge >= 0.3 is 27.7 Å². The van der Waals surface area contributed by atoms with Crippen LogP contribution >= 0.6 is 0 Å². The summed E-state index contributed by atoms with van der Waals surface area (Å²) in [6, 6.07) is 6.37. The van der Waals surface area contributed by atoms with Crippen LogP contribution in [0.15, 0.2) is 30.3 Å². The fourth-order valence-electron chi connectivity index (χ4n) is 1.82. The third-order valence-electron chi connectivity index (χ3n) is 3.31. The first-order valence-corrected chi connectivity index (χ1v) is 9.18. The number of nitrogens with one attached hydrogen (secondary N) is 1. The molecular formula is C15H16F5NO7S. The van der Waals surface area contributed by atoms with Crippen LogP contribution in [-0.2, 0) is 30.4 Å². The maximum atomic E-state index is 13.6. The van der Waals surface area contributed by atoms with Crippen LogP contribution in [0.25, 0.3) is 0 Å². The molecule has 0 radical (unpaired) electrons. The summed E-state index contributed by atoms with van der Waals surface area (Å²) in [5, 5.41) is 10.8. The molecule has 0 saturated carbocycles. The average Bonchev–Trinajstić information content (AvgIpc) is 2.61. The molecule has 1 amide bonds. The Kier molecular flexibility index (Phi) is 8.32. The molecule has 29 heavy (non-hydrogen) atoms. The van der Waals surface area contributed by atoms with Gasteiger partial charge in [-0.1, -0.05) is 30.3 Å². The molecule has 0 fully saturated rings. The number of carbonyl (C=O) groups is 2. The highest BCUT2D eigenvalue weighted by molar-refractivity contribution is 7.87. The Morgan fingerprint density at radius 3 is 2.21 bits per heavy atom. The predicted octanol–water partition coefficient (Wildman–Crippen LogP) is 2.65. The molecule has 0 bridgehead atoms. The molecule has 0 spiro atoms. The van der Waals surface area contributed by atoms with E-state index in [1.165, 1.54) is 0 Å². The third-order valence-corrected chi connectivity index (χ3v) is 4.31. The SMILES string of the molecule is O=C(N[C@@H](CCC(F)(F)COS(=O)(=O)C(F)(F)F)C(=O)O)OCc1ccccc1. The number of ether oxygens (including phenoxy) is 1. The van der Waals surface area contributed by atoms with Crippen molar-refractivity contribution in [2.75, 3.05) is 6.61 Å². The van der Waals surface area contributed by atoms with Crippen LogP contribution in [0.1, 0.15) is 18.4 Å². The Labute approximate surface area is 161 Å². The van der Waals surface area contributed by atoms with Crippen molar-refractivity contribution in [3.05, 3.63) is 35.9 Å². The molecule has 0 aliphatic heterocycles. The second-order valence-electron chi connectivity index (χ2n) is 5.65. The molecule has 0 aliphatic rings. The van der Waals surface area contributed by atoms with Gasteiger partial charge in [0.15, 0.2) is 0 Å². The first kappa shape index (κ1) is 24.6. The van der Waals surface area contributed by atoms with Crippen molar-refractivity contribution in [2.45, 2.75) is 36.9 Å². The van der Waals surface area contributed by atoms with E-state index in [1.807, 2.05) is 5.32 Å². The van der Waals surface area contributed by atoms with Crippen molar-refractivity contribution in [3.8, 4) is 0 Å². The average molecular weight is 449 g/mol. The van der Waals surface area contributed by atoms with Gasteiger partial charge in [0, 0.05) is 6.42 Å². The van der Waals surface area contributed by atoms with Crippen LogP contribution in [0.3, 0.4) is 0 Å². The van der Waals surface area contributed by atoms with E-state index in [9.17, 15) is 40.0 Å². The molecule has 0 aromatic heterocycles. The lowest BCUT2D eigenvalue weighted by Gasteiger charge is -2.20. The van der Waals surface area contributed by atoms with Gasteiger partial charge < -0.3 is 15.2 Å². The fourth-order valence-corrected chi connectivity index (χ4v) is 2.28. The Bertz CT molecular complexity index is 799. The van der Waals surface area contributed by atoms with Gasteiger partial charge in [0.2, 0.25) is 0 Å². The molecule has 164 valence electrons. The van der Waals surface area contributed by atoms with Gasteiger partial charge in [-0.15, -0.1) is 0 Å². The second kappa shape index (κ2) is 9.82. The maximum absolute atomic E-state index is 13.6. The number of halogens is 5. The first-order valence-electron chi connectivity index (χ1n) is 7.77. The van der Waals surface area contributed by atoms with Gasteiger partial charge in [0.05, 0.1) is 0 Å². The number of amides is 1. The van der Waals surface area contributed by atoms with Crippen LogP contribution in [0.4, 0.5) is 26.7 Å². The normalized spacial score (nSPS) is 13.6. The summed E-state index contributed by atoms with van der Waals surface area (Å²) in [5.74, 6) is -5.82. The van der Waals surface area contributed by atoms with Crippen molar-refractivity contribution < 1.29 is 54.0 Å². The van der Waals surface area contributed by atoms with Crippen LogP contribution < -0.4 is 5.32 Å². The van der Waals surface area contributed by atoms with Gasteiger partial charge in [-0.2, -0.15) is 21.6 Å². The molecule has 1 atom stereocenters. The zero-order valence-electron chi connectivity index (χ0n) is 14.5. The molecule has 0 saturated heterocycles. The largest absolute Gasteiger partial charge is 0.523 e. The minimum absolute atomic E-state index is 0.224. The Morgan fingerprint density at radius 1 is 1.10 bits per heavy atom. The van der Waals surface area contributed by atoms with E-state index in [2.05, 4.69) is 4.18 Å². The summed E-state index contributed by atoms with van der Waals surface area (Å²) in [4.78, 5) is 22.7. The van der Waals surface area contributed by atoms with Crippen LogP contribution in [0.2, 0.25) is 0 Å². The number of hydrogen-bond acceptors (Lipinski definition) is 6. The van der Waals surface area contributed by atoms with Gasteiger partial charge in [-0.05, 0) is 12.0 Å². The lowest BCUT2D eigenvalue weighted by Crippen LogP contribution is -2.42. The van der Waals surface area contributed by atoms with Gasteiger partial charge in [-0.3, -0.25) is 4.18 Å². The number of rotatable bonds is 10. The third kappa shape index (κ3) is 8.60. The van der Waals surface area contributed by atoms with Crippen LogP contribution in [0, 0.1) is 0 Å². The standard InChI is InChI=1S/C15H16F5NO7S/c16-14(17,9-28-29(25,26)15(18,19)20)7-6-11(12(22)23)21-13(24)27-8-10-4-2-1-3-5-10/h1-5,11H,6-9H2,(H,21,24)(H,22,23)/t11-/m0/s1. The van der Waals surface area contributed by atoms with E-state index in [1.54, 1.807) is 30.3 Å². The lowest BCUT2D eigenvalue weighted by atomic mass is 10.1. The number of carbonyl (C=O) groups excluding carboxylic acids is 1. The minimum atomic E-state index is -6.22. The van der Waals surface area contributed by atoms with Crippen molar-refractivity contribution >= 4 is 22.2 Å². The molecular weight excluding hydrogens is 433 g/mol. The summed E-state index contributed by atoms with van der Waals surface area (Å²) in [5.41, 5.74) is -5.31. The summed E-state index contributed by atoms with van der Waals surface area (Å²) in [6.45, 7) is -2.36. The summed E-state index contributed by atoms with van der Waals surface area (Å²) >= 11 is 0. The monoisotopic (exact) mass is 449 g/mol. The van der Waals surface area contributed by atoms with Crippen molar-refractivity contribution in [1.82, 2.24) is 5.32 Å². The van der Waals surface area contributed by atoms with Crippen LogP contribution in [0.5, 0.6) is 0 Å². The van der Waals surface area contributed by atoms with Crippen molar-refractivity contribution in [2.24, 2.45) is 0 Å². The van der Waals surface area contributed by atoms with Gasteiger partial charge in [0.1, 0.15) is 19.3 Å². The van der Waals surface area contributed by atoms with Crippen molar-refractivity contribution in [3.63, 3.8) is 0 Å². The van der Waals surface area contributed by atoms with E-state index < -0.39 is 59.1 Å². The Hall–Kier alpha value is -2.48. The number of carboxylic acid groups (broad SMARTS) is 1. The molecule has 0 aliphatic carbocycles. The fraction of sp³-hybridized carbons (Fsp3) is 0.467. The van der Waals surface area contributed by atoms with Crippen molar-refractivity contribution in [1.29, 1.82) is 0 Å². The molecule has 1 rings (SSSR count). The van der Waals surface area contributed by atoms with Crippen LogP contribution in [-0.4, -0.2) is 49.7 Å². The molecule has 14 heteroatoms. The summed E-state index contributed by atoms with van der Waals surface area (Å²) < 4.78 is 92.6. The summed E-state index contributed by atoms with van der Waals surface area (Å²) in [7, 11) is -6.22. The predicted molar refractivity (Wildman–Crippen MR) is 86.3 cm³/mol. The molecule has 8 nitrogen and oxygen atoms in total. The number of alkyl halides is 5. The van der Waals surface area contributed by atoms with E-state index in [4.69, 9.17) is 9.84 Å². The zero-order valence-corrected chi connectivity index (χ0v) is 15.3. The second-order valence-corrected chi connectivity index (χ2v) is 7.26. The molecule has 0 unspecified atom stereocenters. The molecule has 0 heterocycles. The first-order chi connectivity index (χ1) is 13.2. The minimum Gasteiger partial charge on any atom is -0.480 e.